The van der Waals surface area contributed by atoms with Crippen LogP contribution in [0.3, 0.4) is 0 Å². The molecule has 4 aromatic rings. The molecule has 0 aliphatic carbocycles. The number of cyclic esters (lactones) is 1. The summed E-state index contributed by atoms with van der Waals surface area (Å²) in [5.74, 6) is -6.51. The van der Waals surface area contributed by atoms with Gasteiger partial charge in [-0.15, -0.1) is 0 Å². The van der Waals surface area contributed by atoms with Crippen LogP contribution in [0, 0.1) is 30.6 Å². The average Bonchev–Trinajstić information content (AvgIpc) is 1.58. The molecule has 0 radical (unpaired) electrons. The van der Waals surface area contributed by atoms with Crippen molar-refractivity contribution in [2.75, 3.05) is 53.9 Å². The fourth-order valence-corrected chi connectivity index (χ4v) is 15.2. The number of likely N-dealkylation sites (N-methyl/N-ethyl adjacent to an activating group) is 1. The van der Waals surface area contributed by atoms with Crippen molar-refractivity contribution < 1.29 is 92.6 Å². The molecule has 0 bridgehead atoms. The fourth-order valence-electron chi connectivity index (χ4n) is 15.1. The highest BCUT2D eigenvalue weighted by Crippen LogP contribution is 2.41. The summed E-state index contributed by atoms with van der Waals surface area (Å²) < 4.78 is 39.1. The monoisotopic (exact) mass is 1490 g/mol. The highest BCUT2D eigenvalue weighted by atomic mass is 35.5. The number of hydrogen-bond donors (Lipinski definition) is 11. The number of carbonyl (C=O) groups excluding carboxylic acids is 7. The molecule has 0 spiro atoms. The van der Waals surface area contributed by atoms with E-state index >= 15 is 0 Å². The van der Waals surface area contributed by atoms with Gasteiger partial charge in [-0.1, -0.05) is 76.6 Å². The van der Waals surface area contributed by atoms with E-state index < -0.39 is 163 Å². The lowest BCUT2D eigenvalue weighted by Gasteiger charge is -2.48. The topological polar surface area (TPSA) is 368 Å². The Morgan fingerprint density at radius 3 is 2.08 bits per heavy atom. The van der Waals surface area contributed by atoms with Gasteiger partial charge in [-0.25, -0.2) is 0 Å². The van der Waals surface area contributed by atoms with Gasteiger partial charge < -0.3 is 90.5 Å². The van der Waals surface area contributed by atoms with Crippen LogP contribution in [0.2, 0.25) is 5.02 Å². The second-order valence-corrected chi connectivity index (χ2v) is 31.0. The summed E-state index contributed by atoms with van der Waals surface area (Å²) in [7, 11) is 5.17. The number of amides is 5. The van der Waals surface area contributed by atoms with E-state index in [0.717, 1.165) is 0 Å². The average molecular weight is 1490 g/mol. The van der Waals surface area contributed by atoms with E-state index in [9.17, 15) is 64.2 Å². The number of carbonyl (C=O) groups is 7. The summed E-state index contributed by atoms with van der Waals surface area (Å²) in [6, 6.07) is 16.9. The molecule has 3 aliphatic heterocycles. The minimum Gasteiger partial charge on any atom is -0.497 e. The van der Waals surface area contributed by atoms with Gasteiger partial charge in [0.15, 0.2) is 12.6 Å². The van der Waals surface area contributed by atoms with Crippen LogP contribution in [0.4, 0.5) is 0 Å². The Balaban J connectivity index is 1.02. The third-order valence-electron chi connectivity index (χ3n) is 20.8. The molecule has 3 aromatic carbocycles. The third kappa shape index (κ3) is 22.2. The van der Waals surface area contributed by atoms with Crippen LogP contribution in [0.5, 0.6) is 5.75 Å². The first-order valence-electron chi connectivity index (χ1n) is 36.7. The van der Waals surface area contributed by atoms with E-state index in [1.807, 2.05) is 51.6 Å². The summed E-state index contributed by atoms with van der Waals surface area (Å²) >= 11 is 6.12. The van der Waals surface area contributed by atoms with Crippen LogP contribution in [-0.4, -0.2) is 243 Å². The van der Waals surface area contributed by atoms with E-state index in [1.54, 1.807) is 121 Å². The normalized spacial score (nSPS) is 30.8. The Morgan fingerprint density at radius 2 is 1.45 bits per heavy atom. The van der Waals surface area contributed by atoms with E-state index in [2.05, 4.69) is 26.6 Å². The molecule has 105 heavy (non-hydrogen) atoms. The zero-order chi connectivity index (χ0) is 77.7. The summed E-state index contributed by atoms with van der Waals surface area (Å²) in [5.41, 5.74) is -2.89. The van der Waals surface area contributed by atoms with E-state index in [4.69, 9.17) is 40.0 Å². The largest absolute Gasteiger partial charge is 0.497 e. The maximum Gasteiger partial charge on any atom is 0.311 e. The maximum atomic E-state index is 14.7. The Morgan fingerprint density at radius 1 is 0.781 bits per heavy atom. The number of methoxy groups -OCH3 is 1. The van der Waals surface area contributed by atoms with Crippen LogP contribution < -0.4 is 31.3 Å². The molecule has 27 nitrogen and oxygen atoms in total. The van der Waals surface area contributed by atoms with E-state index in [-0.39, 0.29) is 82.5 Å². The van der Waals surface area contributed by atoms with Gasteiger partial charge in [-0.05, 0) is 167 Å². The first-order valence-corrected chi connectivity index (χ1v) is 37.0. The molecule has 3 saturated heterocycles. The lowest BCUT2D eigenvalue weighted by molar-refractivity contribution is -0.316. The number of rotatable bonds is 26. The number of nitrogens with zero attached hydrogens (tertiary/aromatic N) is 3. The van der Waals surface area contributed by atoms with Crippen molar-refractivity contribution >= 4 is 63.9 Å². The molecule has 3 aliphatic rings. The molecule has 0 saturated carbocycles. The number of halogens is 1. The summed E-state index contributed by atoms with van der Waals surface area (Å²) in [5, 5.41) is 86.5. The quantitative estimate of drug-likeness (QED) is 0.0305. The standard InChI is InChI=1S/C77H115ClN8O19/c1-17-60-77(13,99)67(91)48(9)85(41-43(4)37-76(12,98)69(105-74-65(90)59(84(14)15)33-44(5)101-74)45(6)66(46(7)73(96)103-60)104-64-38-75(11,97)68(92)49(10)102-64)31-21-30-79-62(88)39-81-70(93)56(32-42(2)3)83-71(94)57(34-50-22-19-18-20-23-50)82-63(89)40-80-61(87)36-54-47(8)86(58-29-28-53(100-16)35-55(54)58)72(95)51-24-26-52(78)27-25-51/h18-20,22-29,35,42-46,48-49,56-57,59-60,64-69,74,90-92,97-99H,17,21,30-34,36-41H2,1-16H3,(H,79,88)(H,80,87)(H,81,93)(H,82,89)(H,83,94). The van der Waals surface area contributed by atoms with Gasteiger partial charge in [0.1, 0.15) is 47.9 Å². The molecule has 1 aromatic heterocycles. The first-order chi connectivity index (χ1) is 49.3. The van der Waals surface area contributed by atoms with Crippen molar-refractivity contribution in [2.24, 2.45) is 23.7 Å². The molecule has 11 N–H and O–H groups in total. The van der Waals surface area contributed by atoms with Crippen molar-refractivity contribution in [3.63, 3.8) is 0 Å². The minimum absolute atomic E-state index is 0.0106. The van der Waals surface area contributed by atoms with E-state index in [1.165, 1.54) is 25.5 Å². The van der Waals surface area contributed by atoms with Crippen LogP contribution >= 0.6 is 11.6 Å². The van der Waals surface area contributed by atoms with Crippen LogP contribution in [-0.2, 0) is 65.3 Å². The zero-order valence-corrected chi connectivity index (χ0v) is 64.5. The number of nitrogens with one attached hydrogen (secondary N) is 5. The molecule has 4 heterocycles. The minimum atomic E-state index is -2.06. The predicted octanol–water partition coefficient (Wildman–Crippen LogP) is 4.47. The number of esters is 1. The predicted molar refractivity (Wildman–Crippen MR) is 394 cm³/mol. The van der Waals surface area contributed by atoms with Crippen molar-refractivity contribution in [3.05, 3.63) is 100 Å². The molecule has 28 heteroatoms. The van der Waals surface area contributed by atoms with Crippen molar-refractivity contribution in [1.29, 1.82) is 0 Å². The lowest BCUT2D eigenvalue weighted by Crippen LogP contribution is -2.60. The summed E-state index contributed by atoms with van der Waals surface area (Å²) in [6.45, 7) is 21.4. The van der Waals surface area contributed by atoms with E-state index in [0.29, 0.717) is 50.5 Å². The number of benzene rings is 3. The van der Waals surface area contributed by atoms with Crippen molar-refractivity contribution in [2.45, 2.75) is 244 Å². The van der Waals surface area contributed by atoms with Gasteiger partial charge in [-0.3, -0.25) is 43.0 Å². The number of fused-ring (bicyclic) bond motifs is 1. The van der Waals surface area contributed by atoms with Crippen LogP contribution in [0.15, 0.2) is 72.8 Å². The van der Waals surface area contributed by atoms with Crippen LogP contribution in [0.1, 0.15) is 149 Å². The number of aromatic nitrogens is 1. The lowest BCUT2D eigenvalue weighted by atomic mass is 9.77. The highest BCUT2D eigenvalue weighted by molar-refractivity contribution is 6.30. The van der Waals surface area contributed by atoms with Gasteiger partial charge in [0.2, 0.25) is 29.5 Å². The Labute approximate surface area is 622 Å². The summed E-state index contributed by atoms with van der Waals surface area (Å²) in [6.07, 6.45) is -10.9. The molecular weight excluding hydrogens is 1380 g/mol. The molecule has 7 rings (SSSR count). The first kappa shape index (κ1) is 85.5. The van der Waals surface area contributed by atoms with Crippen LogP contribution in [0.25, 0.3) is 10.9 Å². The third-order valence-corrected chi connectivity index (χ3v) is 21.1. The number of aliphatic hydroxyl groups is 6. The molecule has 20 atom stereocenters. The van der Waals surface area contributed by atoms with Gasteiger partial charge in [0.05, 0.1) is 73.7 Å². The Hall–Kier alpha value is -6.70. The maximum absolute atomic E-state index is 14.7. The second kappa shape index (κ2) is 37.4. The fraction of sp³-hybridized carbons (Fsp3) is 0.649. The number of ether oxygens (including phenoxy) is 6. The molecule has 5 amide bonds. The SMILES string of the molecule is CCC1OC(=O)C(C)C(OC2CC(C)(O)C(O)C(C)O2)C(C)C(OC2OC(C)CC(N(C)C)C2O)C(C)(O)CC(C)CN(CCCNC(=O)CNC(=O)C(CC(C)C)NC(=O)C(Cc2ccccc2)NC(=O)CNC(=O)Cc2c(C)n(C(=O)c3ccc(Cl)cc3)c3ccc(OC)cc23)C(C)C(O)C1(C)O. The molecule has 3 fully saturated rings. The Bertz CT molecular complexity index is 3580. The Kier molecular flexibility index (Phi) is 30.5. The summed E-state index contributed by atoms with van der Waals surface area (Å²) in [4.78, 5) is 102. The number of hydrogen-bond acceptors (Lipinski definition) is 21. The van der Waals surface area contributed by atoms with Crippen molar-refractivity contribution in [3.8, 4) is 5.75 Å². The van der Waals surface area contributed by atoms with Gasteiger partial charge in [0.25, 0.3) is 5.91 Å². The number of aliphatic hydroxyl groups excluding tert-OH is 3. The smallest absolute Gasteiger partial charge is 0.311 e. The van der Waals surface area contributed by atoms with Gasteiger partial charge in [-0.2, -0.15) is 0 Å². The molecule has 20 unspecified atom stereocenters. The molecule has 584 valence electrons. The van der Waals surface area contributed by atoms with Gasteiger partial charge >= 0.3 is 5.97 Å². The van der Waals surface area contributed by atoms with Gasteiger partial charge in [0, 0.05) is 72.1 Å². The van der Waals surface area contributed by atoms with Crippen molar-refractivity contribution in [1.82, 2.24) is 41.0 Å². The highest BCUT2D eigenvalue weighted by Gasteiger charge is 2.53. The second-order valence-electron chi connectivity index (χ2n) is 30.5. The zero-order valence-electron chi connectivity index (χ0n) is 63.7. The molecular formula is C77H115ClN8O19.